The molecule has 0 aromatic heterocycles. The molecule has 0 heterocycles. The highest BCUT2D eigenvalue weighted by molar-refractivity contribution is 5.94. The Hall–Kier alpha value is -2.93. The van der Waals surface area contributed by atoms with Gasteiger partial charge in [-0.1, -0.05) is 30.0 Å². The zero-order chi connectivity index (χ0) is 15.9. The van der Waals surface area contributed by atoms with Crippen LogP contribution in [-0.2, 0) is 0 Å². The molecule has 1 amide bonds. The van der Waals surface area contributed by atoms with Crippen LogP contribution in [0.15, 0.2) is 48.5 Å². The smallest absolute Gasteiger partial charge is 0.252 e. The van der Waals surface area contributed by atoms with Gasteiger partial charge in [0, 0.05) is 16.7 Å². The molecule has 0 aliphatic carbocycles. The van der Waals surface area contributed by atoms with Crippen molar-refractivity contribution in [1.82, 2.24) is 5.32 Å². The van der Waals surface area contributed by atoms with E-state index in [1.54, 1.807) is 24.3 Å². The molecule has 0 saturated heterocycles. The normalized spacial score (nSPS) is 9.55. The fraction of sp³-hybridized carbons (Fsp3) is 0.111. The van der Waals surface area contributed by atoms with E-state index in [1.807, 2.05) is 0 Å². The van der Waals surface area contributed by atoms with Crippen molar-refractivity contribution in [1.29, 1.82) is 0 Å². The van der Waals surface area contributed by atoms with Gasteiger partial charge in [0.1, 0.15) is 5.82 Å². The van der Waals surface area contributed by atoms with Gasteiger partial charge in [0.15, 0.2) is 5.78 Å². The Bertz CT molecular complexity index is 755. The summed E-state index contributed by atoms with van der Waals surface area (Å²) < 4.78 is 13.0. The van der Waals surface area contributed by atoms with Gasteiger partial charge < -0.3 is 5.32 Å². The molecule has 2 aromatic carbocycles. The van der Waals surface area contributed by atoms with Crippen LogP contribution in [-0.4, -0.2) is 18.2 Å². The fourth-order valence-electron chi connectivity index (χ4n) is 1.79. The summed E-state index contributed by atoms with van der Waals surface area (Å²) in [6, 6.07) is 12.4. The van der Waals surface area contributed by atoms with Gasteiger partial charge in [0.05, 0.1) is 6.54 Å². The third-order valence-electron chi connectivity index (χ3n) is 2.95. The number of carbonyl (C=O) groups excluding carboxylic acids is 2. The van der Waals surface area contributed by atoms with E-state index in [9.17, 15) is 14.0 Å². The molecule has 1 N–H and O–H groups in total. The molecular formula is C18H14FNO2. The highest BCUT2D eigenvalue weighted by Crippen LogP contribution is 2.04. The Kier molecular flexibility index (Phi) is 5.05. The van der Waals surface area contributed by atoms with Crippen molar-refractivity contribution < 1.29 is 14.0 Å². The van der Waals surface area contributed by atoms with Crippen LogP contribution in [0, 0.1) is 17.7 Å². The lowest BCUT2D eigenvalue weighted by Gasteiger charge is -2.01. The lowest BCUT2D eigenvalue weighted by molar-refractivity contribution is 0.0957. The minimum absolute atomic E-state index is 0.00173. The minimum atomic E-state index is -0.454. The van der Waals surface area contributed by atoms with E-state index in [-0.39, 0.29) is 23.8 Å². The highest BCUT2D eigenvalue weighted by atomic mass is 19.1. The van der Waals surface area contributed by atoms with Gasteiger partial charge in [-0.25, -0.2) is 4.39 Å². The number of hydrogen-bond donors (Lipinski definition) is 1. The van der Waals surface area contributed by atoms with Gasteiger partial charge in [-0.2, -0.15) is 0 Å². The van der Waals surface area contributed by atoms with Gasteiger partial charge in [0.2, 0.25) is 0 Å². The van der Waals surface area contributed by atoms with Crippen molar-refractivity contribution >= 4 is 11.7 Å². The molecule has 0 aliphatic rings. The number of ketones is 1. The second-order valence-corrected chi connectivity index (χ2v) is 4.63. The summed E-state index contributed by atoms with van der Waals surface area (Å²) in [4.78, 5) is 22.9. The lowest BCUT2D eigenvalue weighted by Crippen LogP contribution is -2.23. The van der Waals surface area contributed by atoms with Gasteiger partial charge in [-0.15, -0.1) is 0 Å². The fourth-order valence-corrected chi connectivity index (χ4v) is 1.79. The summed E-state index contributed by atoms with van der Waals surface area (Å²) in [5.74, 6) is 4.86. The number of amides is 1. The monoisotopic (exact) mass is 295 g/mol. The van der Waals surface area contributed by atoms with Crippen LogP contribution in [0.3, 0.4) is 0 Å². The molecule has 0 bridgehead atoms. The van der Waals surface area contributed by atoms with Crippen LogP contribution in [0.5, 0.6) is 0 Å². The molecule has 0 radical (unpaired) electrons. The molecule has 0 fully saturated rings. The average molecular weight is 295 g/mol. The van der Waals surface area contributed by atoms with E-state index in [0.29, 0.717) is 5.56 Å². The third kappa shape index (κ3) is 4.29. The molecule has 0 saturated carbocycles. The topological polar surface area (TPSA) is 46.2 Å². The number of hydrogen-bond acceptors (Lipinski definition) is 2. The first-order chi connectivity index (χ1) is 10.6. The zero-order valence-corrected chi connectivity index (χ0v) is 12.0. The Morgan fingerprint density at radius 2 is 1.82 bits per heavy atom. The van der Waals surface area contributed by atoms with E-state index in [2.05, 4.69) is 17.2 Å². The first-order valence-electron chi connectivity index (χ1n) is 6.70. The predicted molar refractivity (Wildman–Crippen MR) is 82.1 cm³/mol. The molecule has 0 atom stereocenters. The van der Waals surface area contributed by atoms with Gasteiger partial charge in [-0.3, -0.25) is 9.59 Å². The number of nitrogens with one attached hydrogen (secondary N) is 1. The van der Waals surface area contributed by atoms with Gasteiger partial charge >= 0.3 is 0 Å². The predicted octanol–water partition coefficient (Wildman–Crippen LogP) is 2.81. The maximum atomic E-state index is 13.0. The Labute approximate surface area is 128 Å². The largest absolute Gasteiger partial charge is 0.341 e. The van der Waals surface area contributed by atoms with Crippen LogP contribution in [0.2, 0.25) is 0 Å². The van der Waals surface area contributed by atoms with Crippen molar-refractivity contribution in [2.45, 2.75) is 6.92 Å². The maximum Gasteiger partial charge on any atom is 0.252 e. The van der Waals surface area contributed by atoms with Gasteiger partial charge in [-0.05, 0) is 37.3 Å². The molecule has 3 nitrogen and oxygen atoms in total. The standard InChI is InChI=1S/C18H14FNO2/c1-13(21)15-9-7-14(8-10-15)4-3-11-20-18(22)16-5-2-6-17(19)12-16/h2,5-10,12H,11H2,1H3,(H,20,22). The number of rotatable bonds is 3. The van der Waals surface area contributed by atoms with Crippen LogP contribution in [0.25, 0.3) is 0 Å². The number of carbonyl (C=O) groups is 2. The minimum Gasteiger partial charge on any atom is -0.341 e. The van der Waals surface area contributed by atoms with E-state index >= 15 is 0 Å². The summed E-state index contributed by atoms with van der Waals surface area (Å²) in [5.41, 5.74) is 1.64. The SMILES string of the molecule is CC(=O)c1ccc(C#CCNC(=O)c2cccc(F)c2)cc1. The Balaban J connectivity index is 1.91. The highest BCUT2D eigenvalue weighted by Gasteiger charge is 2.04. The lowest BCUT2D eigenvalue weighted by atomic mass is 10.1. The van der Waals surface area contributed by atoms with Crippen LogP contribution >= 0.6 is 0 Å². The van der Waals surface area contributed by atoms with Crippen LogP contribution < -0.4 is 5.32 Å². The van der Waals surface area contributed by atoms with Crippen molar-refractivity contribution in [3.8, 4) is 11.8 Å². The third-order valence-corrected chi connectivity index (χ3v) is 2.95. The zero-order valence-electron chi connectivity index (χ0n) is 12.0. The second kappa shape index (κ2) is 7.19. The van der Waals surface area contributed by atoms with Crippen molar-refractivity contribution in [3.05, 3.63) is 71.0 Å². The van der Waals surface area contributed by atoms with Crippen LogP contribution in [0.4, 0.5) is 4.39 Å². The molecule has 0 aliphatic heterocycles. The molecule has 22 heavy (non-hydrogen) atoms. The molecule has 4 heteroatoms. The van der Waals surface area contributed by atoms with Crippen LogP contribution in [0.1, 0.15) is 33.2 Å². The average Bonchev–Trinajstić information content (AvgIpc) is 2.51. The quantitative estimate of drug-likeness (QED) is 0.699. The second-order valence-electron chi connectivity index (χ2n) is 4.63. The van der Waals surface area contributed by atoms with E-state index in [1.165, 1.54) is 31.2 Å². The summed E-state index contributed by atoms with van der Waals surface area (Å²) >= 11 is 0. The van der Waals surface area contributed by atoms with E-state index in [0.717, 1.165) is 5.56 Å². The van der Waals surface area contributed by atoms with Crippen molar-refractivity contribution in [2.24, 2.45) is 0 Å². The van der Waals surface area contributed by atoms with E-state index in [4.69, 9.17) is 0 Å². The molecule has 110 valence electrons. The first kappa shape index (κ1) is 15.5. The van der Waals surface area contributed by atoms with Crippen molar-refractivity contribution in [3.63, 3.8) is 0 Å². The summed E-state index contributed by atoms with van der Waals surface area (Å²) in [6.45, 7) is 1.66. The maximum absolute atomic E-state index is 13.0. The molecule has 0 spiro atoms. The number of halogens is 1. The first-order valence-corrected chi connectivity index (χ1v) is 6.70. The number of Topliss-reactive ketones (excluding diaryl/α,β-unsaturated/α-hetero) is 1. The summed E-state index contributed by atoms with van der Waals surface area (Å²) in [7, 11) is 0. The molecule has 2 aromatic rings. The molecule has 0 unspecified atom stereocenters. The van der Waals surface area contributed by atoms with Crippen molar-refractivity contribution in [2.75, 3.05) is 6.54 Å². The summed E-state index contributed by atoms with van der Waals surface area (Å²) in [6.07, 6.45) is 0. The molecular weight excluding hydrogens is 281 g/mol. The molecule has 2 rings (SSSR count). The van der Waals surface area contributed by atoms with Gasteiger partial charge in [0.25, 0.3) is 5.91 Å². The Morgan fingerprint density at radius 1 is 1.09 bits per heavy atom. The number of benzene rings is 2. The Morgan fingerprint density at radius 3 is 2.45 bits per heavy atom. The van der Waals surface area contributed by atoms with E-state index < -0.39 is 5.82 Å². The summed E-state index contributed by atoms with van der Waals surface area (Å²) in [5, 5.41) is 2.59.